The molecule has 0 saturated carbocycles. The van der Waals surface area contributed by atoms with Crippen LogP contribution in [0.25, 0.3) is 0 Å². The maximum atomic E-state index is 11.9. The molecule has 1 atom stereocenters. The summed E-state index contributed by atoms with van der Waals surface area (Å²) in [6, 6.07) is 9.66. The molecule has 0 aliphatic carbocycles. The molecule has 0 aliphatic rings. The minimum atomic E-state index is -0.323. The second kappa shape index (κ2) is 7.39. The normalized spacial score (nSPS) is 12.4. The molecule has 102 valence electrons. The molecule has 1 aromatic carbocycles. The van der Waals surface area contributed by atoms with Crippen molar-refractivity contribution in [3.05, 3.63) is 35.9 Å². The number of halogens is 1. The Morgan fingerprint density at radius 1 is 1.33 bits per heavy atom. The predicted octanol–water partition coefficient (Wildman–Crippen LogP) is 2.66. The summed E-state index contributed by atoms with van der Waals surface area (Å²) in [7, 11) is 0. The number of hydrogen-bond donors (Lipinski definition) is 2. The summed E-state index contributed by atoms with van der Waals surface area (Å²) in [5, 5.41) is 2.91. The van der Waals surface area contributed by atoms with Crippen LogP contribution in [0.3, 0.4) is 0 Å². The fourth-order valence-electron chi connectivity index (χ4n) is 1.42. The highest BCUT2D eigenvalue weighted by Gasteiger charge is 2.25. The van der Waals surface area contributed by atoms with Gasteiger partial charge in [-0.15, -0.1) is 12.4 Å². The van der Waals surface area contributed by atoms with Crippen molar-refractivity contribution in [3.63, 3.8) is 0 Å². The highest BCUT2D eigenvalue weighted by Crippen LogP contribution is 2.19. The Kier molecular flexibility index (Phi) is 6.96. The number of nitrogens with two attached hydrogens (primary N) is 1. The topological polar surface area (TPSA) is 55.1 Å². The molecular formula is C14H23ClN2O. The van der Waals surface area contributed by atoms with Gasteiger partial charge >= 0.3 is 0 Å². The summed E-state index contributed by atoms with van der Waals surface area (Å²) in [5.41, 5.74) is 6.73. The maximum absolute atomic E-state index is 11.9. The van der Waals surface area contributed by atoms with Crippen LogP contribution in [0, 0.1) is 5.41 Å². The highest BCUT2D eigenvalue weighted by atomic mass is 35.5. The molecule has 3 nitrogen and oxygen atoms in total. The van der Waals surface area contributed by atoms with Gasteiger partial charge in [0, 0.05) is 18.0 Å². The van der Waals surface area contributed by atoms with E-state index in [-0.39, 0.29) is 29.8 Å². The van der Waals surface area contributed by atoms with Crippen molar-refractivity contribution in [2.24, 2.45) is 11.1 Å². The fourth-order valence-corrected chi connectivity index (χ4v) is 1.42. The molecule has 4 heteroatoms. The molecule has 1 rings (SSSR count). The summed E-state index contributed by atoms with van der Waals surface area (Å²) in [5.74, 6) is 0.0615. The Labute approximate surface area is 116 Å². The van der Waals surface area contributed by atoms with Gasteiger partial charge in [-0.25, -0.2) is 0 Å². The van der Waals surface area contributed by atoms with Gasteiger partial charge in [-0.1, -0.05) is 51.1 Å². The first-order chi connectivity index (χ1) is 7.97. The van der Waals surface area contributed by atoms with Crippen molar-refractivity contribution in [3.8, 4) is 0 Å². The van der Waals surface area contributed by atoms with Crippen LogP contribution in [-0.2, 0) is 4.79 Å². The zero-order valence-electron chi connectivity index (χ0n) is 11.3. The summed E-state index contributed by atoms with van der Waals surface area (Å²) in [6.45, 7) is 6.37. The Morgan fingerprint density at radius 3 is 2.39 bits per heavy atom. The van der Waals surface area contributed by atoms with Gasteiger partial charge in [0.15, 0.2) is 0 Å². The van der Waals surface area contributed by atoms with Gasteiger partial charge < -0.3 is 11.1 Å². The quantitative estimate of drug-likeness (QED) is 0.864. The first-order valence-corrected chi connectivity index (χ1v) is 6.06. The lowest BCUT2D eigenvalue weighted by atomic mass is 9.89. The van der Waals surface area contributed by atoms with Gasteiger partial charge in [-0.2, -0.15) is 0 Å². The van der Waals surface area contributed by atoms with Crippen LogP contribution in [0.2, 0.25) is 0 Å². The van der Waals surface area contributed by atoms with Crippen LogP contribution >= 0.6 is 12.4 Å². The van der Waals surface area contributed by atoms with Crippen molar-refractivity contribution in [2.45, 2.75) is 33.2 Å². The van der Waals surface area contributed by atoms with Crippen molar-refractivity contribution >= 4 is 18.3 Å². The van der Waals surface area contributed by atoms with Gasteiger partial charge in [0.05, 0.1) is 0 Å². The first kappa shape index (κ1) is 16.9. The van der Waals surface area contributed by atoms with Crippen molar-refractivity contribution in [2.75, 3.05) is 6.54 Å². The van der Waals surface area contributed by atoms with Crippen molar-refractivity contribution in [1.82, 2.24) is 5.32 Å². The molecule has 0 spiro atoms. The molecule has 18 heavy (non-hydrogen) atoms. The number of carbonyl (C=O) groups is 1. The largest absolute Gasteiger partial charge is 0.354 e. The van der Waals surface area contributed by atoms with Crippen LogP contribution in [-0.4, -0.2) is 12.5 Å². The molecule has 0 bridgehead atoms. The van der Waals surface area contributed by atoms with E-state index in [0.717, 1.165) is 12.0 Å². The van der Waals surface area contributed by atoms with E-state index in [1.54, 1.807) is 0 Å². The van der Waals surface area contributed by atoms with E-state index in [1.807, 2.05) is 51.1 Å². The molecule has 0 radical (unpaired) electrons. The van der Waals surface area contributed by atoms with E-state index in [1.165, 1.54) is 0 Å². The molecular weight excluding hydrogens is 248 g/mol. The fraction of sp³-hybridized carbons (Fsp3) is 0.500. The van der Waals surface area contributed by atoms with Crippen molar-refractivity contribution < 1.29 is 4.79 Å². The predicted molar refractivity (Wildman–Crippen MR) is 77.7 cm³/mol. The molecule has 1 unspecified atom stereocenters. The van der Waals surface area contributed by atoms with Crippen molar-refractivity contribution in [1.29, 1.82) is 0 Å². The minimum Gasteiger partial charge on any atom is -0.354 e. The minimum absolute atomic E-state index is 0. The smallest absolute Gasteiger partial charge is 0.225 e. The van der Waals surface area contributed by atoms with Gasteiger partial charge in [-0.3, -0.25) is 4.79 Å². The Morgan fingerprint density at radius 2 is 1.89 bits per heavy atom. The number of amides is 1. The number of nitrogens with one attached hydrogen (secondary N) is 1. The van der Waals surface area contributed by atoms with Crippen LogP contribution in [0.1, 0.15) is 38.8 Å². The summed E-state index contributed by atoms with van der Waals surface area (Å²) in [6.07, 6.45) is 0.819. The average Bonchev–Trinajstić information content (AvgIpc) is 2.36. The third-order valence-electron chi connectivity index (χ3n) is 3.21. The molecule has 0 fully saturated rings. The zero-order chi connectivity index (χ0) is 12.9. The second-order valence-electron chi connectivity index (χ2n) is 4.96. The van der Waals surface area contributed by atoms with Crippen LogP contribution < -0.4 is 11.1 Å². The van der Waals surface area contributed by atoms with E-state index in [4.69, 9.17) is 5.73 Å². The number of rotatable bonds is 5. The molecule has 0 saturated heterocycles. The SMILES string of the molecule is CCC(C)(C)C(=O)NCC(N)c1ccccc1.Cl. The van der Waals surface area contributed by atoms with Gasteiger partial charge in [0.25, 0.3) is 0 Å². The highest BCUT2D eigenvalue weighted by molar-refractivity contribution is 5.85. The van der Waals surface area contributed by atoms with E-state index < -0.39 is 0 Å². The Balaban J connectivity index is 0.00000289. The summed E-state index contributed by atoms with van der Waals surface area (Å²) < 4.78 is 0. The average molecular weight is 271 g/mol. The molecule has 1 amide bonds. The Hall–Kier alpha value is -1.06. The van der Waals surface area contributed by atoms with Gasteiger partial charge in [0.2, 0.25) is 5.91 Å². The molecule has 0 aliphatic heterocycles. The molecule has 3 N–H and O–H groups in total. The summed E-state index contributed by atoms with van der Waals surface area (Å²) >= 11 is 0. The van der Waals surface area contributed by atoms with E-state index in [0.29, 0.717) is 6.54 Å². The lowest BCUT2D eigenvalue weighted by molar-refractivity contribution is -0.129. The standard InChI is InChI=1S/C14H22N2O.ClH/c1-4-14(2,3)13(17)16-10-12(15)11-8-6-5-7-9-11;/h5-9,12H,4,10,15H2,1-3H3,(H,16,17);1H. The van der Waals surface area contributed by atoms with E-state index in [9.17, 15) is 4.79 Å². The molecule has 0 aromatic heterocycles. The first-order valence-electron chi connectivity index (χ1n) is 6.06. The van der Waals surface area contributed by atoms with Crippen LogP contribution in [0.5, 0.6) is 0 Å². The number of benzene rings is 1. The van der Waals surface area contributed by atoms with Crippen LogP contribution in [0.4, 0.5) is 0 Å². The van der Waals surface area contributed by atoms with Crippen LogP contribution in [0.15, 0.2) is 30.3 Å². The Bertz CT molecular complexity index is 365. The summed E-state index contributed by atoms with van der Waals surface area (Å²) in [4.78, 5) is 11.9. The third kappa shape index (κ3) is 4.67. The molecule has 0 heterocycles. The van der Waals surface area contributed by atoms with E-state index >= 15 is 0 Å². The van der Waals surface area contributed by atoms with Gasteiger partial charge in [0.1, 0.15) is 0 Å². The lowest BCUT2D eigenvalue weighted by Crippen LogP contribution is -2.40. The zero-order valence-corrected chi connectivity index (χ0v) is 12.1. The lowest BCUT2D eigenvalue weighted by Gasteiger charge is -2.23. The monoisotopic (exact) mass is 270 g/mol. The van der Waals surface area contributed by atoms with E-state index in [2.05, 4.69) is 5.32 Å². The number of hydrogen-bond acceptors (Lipinski definition) is 2. The number of carbonyl (C=O) groups excluding carboxylic acids is 1. The van der Waals surface area contributed by atoms with Gasteiger partial charge in [-0.05, 0) is 12.0 Å². The molecule has 1 aromatic rings. The maximum Gasteiger partial charge on any atom is 0.225 e. The second-order valence-corrected chi connectivity index (χ2v) is 4.96. The third-order valence-corrected chi connectivity index (χ3v) is 3.21.